The molecule has 3 atom stereocenters. The summed E-state index contributed by atoms with van der Waals surface area (Å²) in [6, 6.07) is 17.6. The summed E-state index contributed by atoms with van der Waals surface area (Å²) in [5.41, 5.74) is 3.50. The van der Waals surface area contributed by atoms with Crippen molar-refractivity contribution < 1.29 is 9.59 Å². The van der Waals surface area contributed by atoms with E-state index in [4.69, 9.17) is 5.41 Å². The number of hydrogen-bond acceptors (Lipinski definition) is 4. The molecule has 0 saturated heterocycles. The van der Waals surface area contributed by atoms with Gasteiger partial charge in [-0.2, -0.15) is 0 Å². The number of hydrogen-bond donors (Lipinski definition) is 3. The third-order valence-electron chi connectivity index (χ3n) is 7.15. The van der Waals surface area contributed by atoms with E-state index in [-0.39, 0.29) is 35.3 Å². The van der Waals surface area contributed by atoms with Crippen molar-refractivity contribution in [2.45, 2.75) is 76.8 Å². The Kier molecular flexibility index (Phi) is 9.58. The van der Waals surface area contributed by atoms with E-state index in [1.165, 1.54) is 17.5 Å². The zero-order valence-corrected chi connectivity index (χ0v) is 20.8. The molecule has 5 heteroatoms. The number of carbonyl (C=O) groups is 2. The third-order valence-corrected chi connectivity index (χ3v) is 7.15. The van der Waals surface area contributed by atoms with Crippen LogP contribution in [0.3, 0.4) is 0 Å². The number of ketones is 1. The number of carbonyl (C=O) groups excluding carboxylic acids is 2. The zero-order valence-electron chi connectivity index (χ0n) is 20.8. The Balaban J connectivity index is 1.81. The highest BCUT2D eigenvalue weighted by atomic mass is 16.2. The van der Waals surface area contributed by atoms with Crippen molar-refractivity contribution in [1.29, 1.82) is 5.41 Å². The molecule has 1 aliphatic rings. The van der Waals surface area contributed by atoms with Crippen LogP contribution in [0.2, 0.25) is 0 Å². The standard InChI is InChI=1S/C29H39N3O2/c1-4-25(24-17-11-14-22(19-24)18-21-12-7-5-8-13-21)26(30)28(33)27(23-15-9-6-10-16-23)32-29(34)20(2)31-3/h5,7-8,11-14,17,19-20,23,25,27,30-31H,4,6,9-10,15-16,18H2,1-3H3,(H,32,34)/t20-,25+,27-/m0/s1. The minimum absolute atomic E-state index is 0.0940. The molecule has 1 amide bonds. The number of nitrogens with one attached hydrogen (secondary N) is 3. The van der Waals surface area contributed by atoms with Crippen molar-refractivity contribution in [3.8, 4) is 0 Å². The van der Waals surface area contributed by atoms with Crippen LogP contribution in [0.5, 0.6) is 0 Å². The smallest absolute Gasteiger partial charge is 0.237 e. The van der Waals surface area contributed by atoms with Crippen LogP contribution in [0, 0.1) is 11.3 Å². The van der Waals surface area contributed by atoms with Gasteiger partial charge in [-0.3, -0.25) is 9.59 Å². The molecule has 1 saturated carbocycles. The topological polar surface area (TPSA) is 82.1 Å². The first-order valence-electron chi connectivity index (χ1n) is 12.7. The Morgan fingerprint density at radius 3 is 2.32 bits per heavy atom. The van der Waals surface area contributed by atoms with Crippen LogP contribution in [-0.4, -0.2) is 36.5 Å². The predicted molar refractivity (Wildman–Crippen MR) is 138 cm³/mol. The van der Waals surface area contributed by atoms with Crippen molar-refractivity contribution in [2.24, 2.45) is 5.92 Å². The van der Waals surface area contributed by atoms with Gasteiger partial charge >= 0.3 is 0 Å². The van der Waals surface area contributed by atoms with Crippen LogP contribution in [0.15, 0.2) is 54.6 Å². The maximum atomic E-state index is 13.7. The summed E-state index contributed by atoms with van der Waals surface area (Å²) < 4.78 is 0. The fourth-order valence-electron chi connectivity index (χ4n) is 4.97. The normalized spacial score (nSPS) is 16.9. The van der Waals surface area contributed by atoms with E-state index in [1.807, 2.05) is 37.3 Å². The van der Waals surface area contributed by atoms with Gasteiger partial charge in [0.2, 0.25) is 5.91 Å². The first kappa shape index (κ1) is 25.8. The first-order chi connectivity index (χ1) is 16.4. The van der Waals surface area contributed by atoms with E-state index in [9.17, 15) is 9.59 Å². The van der Waals surface area contributed by atoms with Crippen LogP contribution >= 0.6 is 0 Å². The number of benzene rings is 2. The van der Waals surface area contributed by atoms with Crippen LogP contribution in [0.1, 0.15) is 75.0 Å². The first-order valence-corrected chi connectivity index (χ1v) is 12.7. The number of likely N-dealkylation sites (N-methyl/N-ethyl adjacent to an activating group) is 1. The lowest BCUT2D eigenvalue weighted by atomic mass is 9.78. The van der Waals surface area contributed by atoms with Gasteiger partial charge in [0.25, 0.3) is 0 Å². The Morgan fingerprint density at radius 1 is 1.00 bits per heavy atom. The molecule has 1 fully saturated rings. The summed E-state index contributed by atoms with van der Waals surface area (Å²) in [7, 11) is 1.74. The second-order valence-corrected chi connectivity index (χ2v) is 9.54. The van der Waals surface area contributed by atoms with Gasteiger partial charge in [-0.05, 0) is 62.3 Å². The zero-order chi connectivity index (χ0) is 24.5. The number of rotatable bonds is 11. The maximum Gasteiger partial charge on any atom is 0.237 e. The molecular formula is C29H39N3O2. The Labute approximate surface area is 204 Å². The fraction of sp³-hybridized carbons (Fsp3) is 0.483. The summed E-state index contributed by atoms with van der Waals surface area (Å²) in [5, 5.41) is 14.9. The highest BCUT2D eigenvalue weighted by molar-refractivity contribution is 6.42. The molecule has 0 aromatic heterocycles. The van der Waals surface area contributed by atoms with Crippen LogP contribution in [0.4, 0.5) is 0 Å². The average Bonchev–Trinajstić information content (AvgIpc) is 2.88. The molecule has 3 rings (SSSR count). The lowest BCUT2D eigenvalue weighted by Gasteiger charge is -2.32. The highest BCUT2D eigenvalue weighted by Crippen LogP contribution is 2.30. The summed E-state index contributed by atoms with van der Waals surface area (Å²) in [6.07, 6.45) is 6.62. The molecule has 0 unspecified atom stereocenters. The minimum atomic E-state index is -0.627. The average molecular weight is 462 g/mol. The van der Waals surface area contributed by atoms with E-state index < -0.39 is 6.04 Å². The molecule has 0 spiro atoms. The fourth-order valence-corrected chi connectivity index (χ4v) is 4.97. The molecule has 0 aliphatic heterocycles. The molecule has 182 valence electrons. The van der Waals surface area contributed by atoms with E-state index in [2.05, 4.69) is 34.9 Å². The number of Topliss-reactive ketones (excluding diaryl/α,β-unsaturated/α-hetero) is 1. The summed E-state index contributed by atoms with van der Waals surface area (Å²) in [6.45, 7) is 3.81. The van der Waals surface area contributed by atoms with Crippen LogP contribution in [0.25, 0.3) is 0 Å². The predicted octanol–water partition coefficient (Wildman–Crippen LogP) is 5.03. The van der Waals surface area contributed by atoms with Crippen molar-refractivity contribution in [3.05, 3.63) is 71.3 Å². The van der Waals surface area contributed by atoms with Gasteiger partial charge in [0.15, 0.2) is 5.78 Å². The van der Waals surface area contributed by atoms with Gasteiger partial charge in [0.1, 0.15) is 0 Å². The Hall–Kier alpha value is -2.79. The molecule has 0 radical (unpaired) electrons. The SMILES string of the molecule is CC[C@@H](C(=N)C(=O)[C@@H](NC(=O)[C@H](C)NC)C1CCCCC1)c1cccc(Cc2ccccc2)c1. The molecule has 2 aromatic carbocycles. The molecule has 2 aromatic rings. The highest BCUT2D eigenvalue weighted by Gasteiger charge is 2.35. The van der Waals surface area contributed by atoms with Crippen LogP contribution in [-0.2, 0) is 16.0 Å². The summed E-state index contributed by atoms with van der Waals surface area (Å²) in [4.78, 5) is 26.4. The van der Waals surface area contributed by atoms with E-state index >= 15 is 0 Å². The second kappa shape index (κ2) is 12.6. The lowest BCUT2D eigenvalue weighted by molar-refractivity contribution is -0.127. The maximum absolute atomic E-state index is 13.7. The van der Waals surface area contributed by atoms with Crippen molar-refractivity contribution >= 4 is 17.4 Å². The van der Waals surface area contributed by atoms with Gasteiger partial charge in [-0.15, -0.1) is 0 Å². The van der Waals surface area contributed by atoms with Gasteiger partial charge < -0.3 is 16.0 Å². The molecule has 3 N–H and O–H groups in total. The van der Waals surface area contributed by atoms with Crippen molar-refractivity contribution in [1.82, 2.24) is 10.6 Å². The summed E-state index contributed by atoms with van der Waals surface area (Å²) >= 11 is 0. The monoisotopic (exact) mass is 461 g/mol. The quantitative estimate of drug-likeness (QED) is 0.410. The minimum Gasteiger partial charge on any atom is -0.344 e. The van der Waals surface area contributed by atoms with E-state index in [0.717, 1.165) is 37.7 Å². The molecular weight excluding hydrogens is 422 g/mol. The van der Waals surface area contributed by atoms with Gasteiger partial charge in [0, 0.05) is 5.92 Å². The lowest BCUT2D eigenvalue weighted by Crippen LogP contribution is -2.53. The van der Waals surface area contributed by atoms with Gasteiger partial charge in [-0.1, -0.05) is 80.8 Å². The number of amides is 1. The largest absolute Gasteiger partial charge is 0.344 e. The Bertz CT molecular complexity index is 966. The van der Waals surface area contributed by atoms with E-state index in [0.29, 0.717) is 6.42 Å². The Morgan fingerprint density at radius 2 is 1.68 bits per heavy atom. The van der Waals surface area contributed by atoms with Crippen molar-refractivity contribution in [2.75, 3.05) is 7.05 Å². The van der Waals surface area contributed by atoms with Gasteiger partial charge in [0.05, 0.1) is 17.8 Å². The van der Waals surface area contributed by atoms with Crippen LogP contribution < -0.4 is 10.6 Å². The second-order valence-electron chi connectivity index (χ2n) is 9.54. The molecule has 5 nitrogen and oxygen atoms in total. The molecule has 34 heavy (non-hydrogen) atoms. The van der Waals surface area contributed by atoms with Gasteiger partial charge in [-0.25, -0.2) is 0 Å². The molecule has 0 heterocycles. The summed E-state index contributed by atoms with van der Waals surface area (Å²) in [5.74, 6) is -0.606. The molecule has 0 bridgehead atoms. The van der Waals surface area contributed by atoms with E-state index in [1.54, 1.807) is 14.0 Å². The third kappa shape index (κ3) is 6.63. The molecule has 1 aliphatic carbocycles. The van der Waals surface area contributed by atoms with Crippen molar-refractivity contribution in [3.63, 3.8) is 0 Å².